The number of rotatable bonds is 4. The van der Waals surface area contributed by atoms with Crippen LogP contribution in [0.5, 0.6) is 0 Å². The Kier molecular flexibility index (Phi) is 4.29. The number of aromatic nitrogens is 4. The molecule has 0 spiro atoms. The van der Waals surface area contributed by atoms with Crippen molar-refractivity contribution in [1.82, 2.24) is 30.4 Å². The highest BCUT2D eigenvalue weighted by molar-refractivity contribution is 5.72. The van der Waals surface area contributed by atoms with Gasteiger partial charge < -0.3 is 4.42 Å². The summed E-state index contributed by atoms with van der Waals surface area (Å²) in [6, 6.07) is 8.36. The smallest absolute Gasteiger partial charge is 0.408 e. The van der Waals surface area contributed by atoms with Crippen LogP contribution in [0.2, 0.25) is 0 Å². The molecule has 2 aromatic heterocycles. The summed E-state index contributed by atoms with van der Waals surface area (Å²) in [7, 11) is 0. The van der Waals surface area contributed by atoms with E-state index in [-0.39, 0.29) is 5.76 Å². The predicted octanol–water partition coefficient (Wildman–Crippen LogP) is 1.66. The van der Waals surface area contributed by atoms with Crippen LogP contribution in [0.4, 0.5) is 0 Å². The van der Waals surface area contributed by atoms with E-state index in [0.717, 1.165) is 17.8 Å². The first-order chi connectivity index (χ1) is 13.3. The summed E-state index contributed by atoms with van der Waals surface area (Å²) >= 11 is 0. The van der Waals surface area contributed by atoms with Gasteiger partial charge in [-0.25, -0.2) is 4.79 Å². The van der Waals surface area contributed by atoms with Gasteiger partial charge in [-0.2, -0.15) is 0 Å². The Bertz CT molecular complexity index is 989. The molecule has 3 unspecified atom stereocenters. The summed E-state index contributed by atoms with van der Waals surface area (Å²) in [6.07, 6.45) is 8.38. The number of nitrogens with one attached hydrogen (secondary N) is 2. The fraction of sp³-hybridized carbons (Fsp3) is 0.526. The molecule has 3 heterocycles. The van der Waals surface area contributed by atoms with Gasteiger partial charge >= 0.3 is 5.76 Å². The summed E-state index contributed by atoms with van der Waals surface area (Å²) in [6.45, 7) is 1.14. The van der Waals surface area contributed by atoms with Gasteiger partial charge in [0.2, 0.25) is 0 Å². The first kappa shape index (κ1) is 16.7. The van der Waals surface area contributed by atoms with E-state index in [1.807, 2.05) is 29.1 Å². The van der Waals surface area contributed by atoms with E-state index < -0.39 is 0 Å². The summed E-state index contributed by atoms with van der Waals surface area (Å²) in [5, 5.41) is 8.55. The van der Waals surface area contributed by atoms with E-state index in [2.05, 4.69) is 21.2 Å². The van der Waals surface area contributed by atoms with E-state index in [9.17, 15) is 4.79 Å². The van der Waals surface area contributed by atoms with Crippen molar-refractivity contribution >= 4 is 11.1 Å². The van der Waals surface area contributed by atoms with Crippen LogP contribution in [0.25, 0.3) is 11.1 Å². The molecule has 1 saturated heterocycles. The average molecular weight is 368 g/mol. The normalized spacial score (nSPS) is 25.6. The quantitative estimate of drug-likeness (QED) is 0.728. The molecule has 142 valence electrons. The van der Waals surface area contributed by atoms with Gasteiger partial charge in [0.05, 0.1) is 24.8 Å². The number of hydrazine groups is 1. The Hall–Kier alpha value is -2.45. The van der Waals surface area contributed by atoms with Gasteiger partial charge in [-0.3, -0.25) is 20.1 Å². The largest absolute Gasteiger partial charge is 0.420 e. The van der Waals surface area contributed by atoms with E-state index in [1.165, 1.54) is 32.1 Å². The molecule has 1 aliphatic heterocycles. The molecule has 1 aliphatic carbocycles. The first-order valence-electron chi connectivity index (χ1n) is 9.76. The Morgan fingerprint density at radius 2 is 2.04 bits per heavy atom. The number of oxazole rings is 1. The van der Waals surface area contributed by atoms with Crippen LogP contribution >= 0.6 is 0 Å². The molecule has 3 atom stereocenters. The Balaban J connectivity index is 1.31. The lowest BCUT2D eigenvalue weighted by molar-refractivity contribution is 0.344. The fourth-order valence-corrected chi connectivity index (χ4v) is 4.53. The van der Waals surface area contributed by atoms with Gasteiger partial charge in [-0.15, -0.1) is 5.10 Å². The van der Waals surface area contributed by atoms with E-state index >= 15 is 0 Å². The molecular weight excluding hydrogens is 344 g/mol. The van der Waals surface area contributed by atoms with Crippen molar-refractivity contribution in [2.24, 2.45) is 5.92 Å². The van der Waals surface area contributed by atoms with Crippen LogP contribution in [0.3, 0.4) is 0 Å². The Morgan fingerprint density at radius 3 is 3.00 bits per heavy atom. The summed E-state index contributed by atoms with van der Waals surface area (Å²) in [5.41, 5.74) is 9.05. The van der Waals surface area contributed by atoms with Crippen molar-refractivity contribution in [1.29, 1.82) is 0 Å². The van der Waals surface area contributed by atoms with Gasteiger partial charge in [0.15, 0.2) is 5.58 Å². The SMILES string of the molecule is O=c1oc2ccccc2n1Cc1cn(CC2NNC3CCCCCC32)nn1. The van der Waals surface area contributed by atoms with Crippen molar-refractivity contribution < 1.29 is 4.42 Å². The first-order valence-corrected chi connectivity index (χ1v) is 9.76. The van der Waals surface area contributed by atoms with Crippen LogP contribution in [0.15, 0.2) is 39.7 Å². The van der Waals surface area contributed by atoms with Crippen molar-refractivity contribution in [3.05, 3.63) is 46.7 Å². The zero-order valence-corrected chi connectivity index (χ0v) is 15.2. The molecule has 1 saturated carbocycles. The number of benzene rings is 1. The van der Waals surface area contributed by atoms with Gasteiger partial charge in [0, 0.05) is 12.1 Å². The van der Waals surface area contributed by atoms with Gasteiger partial charge in [0.1, 0.15) is 5.69 Å². The third-order valence-corrected chi connectivity index (χ3v) is 5.90. The maximum atomic E-state index is 12.1. The predicted molar refractivity (Wildman–Crippen MR) is 100 cm³/mol. The molecule has 2 aliphatic rings. The molecule has 1 aromatic carbocycles. The van der Waals surface area contributed by atoms with E-state index in [4.69, 9.17) is 4.42 Å². The zero-order chi connectivity index (χ0) is 18.2. The van der Waals surface area contributed by atoms with Crippen LogP contribution in [-0.4, -0.2) is 31.6 Å². The van der Waals surface area contributed by atoms with E-state index in [1.54, 1.807) is 10.6 Å². The topological polar surface area (TPSA) is 89.9 Å². The molecule has 5 rings (SSSR count). The number of hydrogen-bond acceptors (Lipinski definition) is 6. The Morgan fingerprint density at radius 1 is 1.15 bits per heavy atom. The summed E-state index contributed by atoms with van der Waals surface area (Å²) in [4.78, 5) is 12.1. The summed E-state index contributed by atoms with van der Waals surface area (Å²) < 4.78 is 8.77. The molecule has 27 heavy (non-hydrogen) atoms. The molecule has 8 nitrogen and oxygen atoms in total. The van der Waals surface area contributed by atoms with Gasteiger partial charge in [-0.05, 0) is 30.9 Å². The van der Waals surface area contributed by atoms with Crippen molar-refractivity contribution in [2.75, 3.05) is 0 Å². The highest BCUT2D eigenvalue weighted by atomic mass is 16.4. The van der Waals surface area contributed by atoms with Crippen molar-refractivity contribution in [3.63, 3.8) is 0 Å². The molecule has 3 aromatic rings. The molecular formula is C19H24N6O2. The van der Waals surface area contributed by atoms with Crippen LogP contribution in [0, 0.1) is 5.92 Å². The Labute approximate surface area is 156 Å². The van der Waals surface area contributed by atoms with Crippen LogP contribution < -0.4 is 16.6 Å². The maximum absolute atomic E-state index is 12.1. The molecule has 2 fully saturated rings. The number of nitrogens with zero attached hydrogens (tertiary/aromatic N) is 4. The van der Waals surface area contributed by atoms with Gasteiger partial charge in [0.25, 0.3) is 0 Å². The highest BCUT2D eigenvalue weighted by Gasteiger charge is 2.36. The molecule has 8 heteroatoms. The number of fused-ring (bicyclic) bond motifs is 2. The maximum Gasteiger partial charge on any atom is 0.420 e. The highest BCUT2D eigenvalue weighted by Crippen LogP contribution is 2.29. The lowest BCUT2D eigenvalue weighted by atomic mass is 9.90. The standard InChI is InChI=1S/C19H24N6O2/c26-19-25(17-8-4-5-9-18(17)27-19)11-13-10-24(23-20-13)12-16-14-6-2-1-3-7-15(14)21-22-16/h4-5,8-10,14-16,21-22H,1-3,6-7,11-12H2. The number of hydrogen-bond donors (Lipinski definition) is 2. The van der Waals surface area contributed by atoms with Crippen LogP contribution in [0.1, 0.15) is 37.8 Å². The van der Waals surface area contributed by atoms with E-state index in [0.29, 0.717) is 30.1 Å². The molecule has 2 N–H and O–H groups in total. The minimum Gasteiger partial charge on any atom is -0.408 e. The zero-order valence-electron chi connectivity index (χ0n) is 15.2. The lowest BCUT2D eigenvalue weighted by Gasteiger charge is -2.20. The van der Waals surface area contributed by atoms with Crippen molar-refractivity contribution in [2.45, 2.75) is 57.3 Å². The van der Waals surface area contributed by atoms with Crippen LogP contribution in [-0.2, 0) is 13.1 Å². The third-order valence-electron chi connectivity index (χ3n) is 5.90. The fourth-order valence-electron chi connectivity index (χ4n) is 4.53. The monoisotopic (exact) mass is 368 g/mol. The minimum absolute atomic E-state index is 0.359. The average Bonchev–Trinajstić information content (AvgIpc) is 3.30. The molecule has 0 amide bonds. The second kappa shape index (κ2) is 6.94. The lowest BCUT2D eigenvalue weighted by Crippen LogP contribution is -2.36. The minimum atomic E-state index is -0.367. The number of para-hydroxylation sites is 2. The third kappa shape index (κ3) is 3.19. The second-order valence-corrected chi connectivity index (χ2v) is 7.66. The summed E-state index contributed by atoms with van der Waals surface area (Å²) in [5.74, 6) is 0.272. The molecule has 0 bridgehead atoms. The van der Waals surface area contributed by atoms with Gasteiger partial charge in [-0.1, -0.05) is 36.6 Å². The van der Waals surface area contributed by atoms with Crippen molar-refractivity contribution in [3.8, 4) is 0 Å². The molecule has 0 radical (unpaired) electrons. The second-order valence-electron chi connectivity index (χ2n) is 7.66.